The molecule has 3 atom stereocenters. The van der Waals surface area contributed by atoms with Gasteiger partial charge < -0.3 is 14.8 Å². The first kappa shape index (κ1) is 30.5. The summed E-state index contributed by atoms with van der Waals surface area (Å²) in [5.74, 6) is -2.42. The number of hydrazine groups is 1. The molecule has 1 saturated heterocycles. The number of halogens is 3. The van der Waals surface area contributed by atoms with Crippen molar-refractivity contribution in [2.24, 2.45) is 5.92 Å². The maximum Gasteiger partial charge on any atom is 0.325 e. The molecule has 2 N–H and O–H groups in total. The highest BCUT2D eigenvalue weighted by atomic mass is 35.6. The highest BCUT2D eigenvalue weighted by Crippen LogP contribution is 2.26. The number of carbonyl (C=O) groups is 4. The van der Waals surface area contributed by atoms with Crippen LogP contribution in [0.3, 0.4) is 0 Å². The molecule has 2 amide bonds. The van der Waals surface area contributed by atoms with E-state index in [9.17, 15) is 19.2 Å². The number of hydrogen-bond acceptors (Lipinski definition) is 7. The Bertz CT molecular complexity index is 729. The molecule has 0 unspecified atom stereocenters. The van der Waals surface area contributed by atoms with E-state index in [1.165, 1.54) is 11.9 Å². The van der Waals surface area contributed by atoms with Crippen LogP contribution < -0.4 is 10.7 Å². The van der Waals surface area contributed by atoms with Crippen molar-refractivity contribution < 1.29 is 28.7 Å². The van der Waals surface area contributed by atoms with Crippen molar-refractivity contribution in [2.45, 2.75) is 81.3 Å². The molecule has 1 aliphatic rings. The van der Waals surface area contributed by atoms with Crippen LogP contribution in [0.1, 0.15) is 59.3 Å². The van der Waals surface area contributed by atoms with Crippen molar-refractivity contribution >= 4 is 58.6 Å². The smallest absolute Gasteiger partial charge is 0.325 e. The molecule has 1 rings (SSSR count). The fourth-order valence-corrected chi connectivity index (χ4v) is 3.37. The normalized spacial score (nSPS) is 18.1. The Hall–Kier alpha value is -1.55. The number of nitrogens with zero attached hydrogens (tertiary/aromatic N) is 1. The Morgan fingerprint density at radius 3 is 2.47 bits per heavy atom. The van der Waals surface area contributed by atoms with Crippen molar-refractivity contribution in [1.82, 2.24) is 15.8 Å². The predicted octanol–water partition coefficient (Wildman–Crippen LogP) is 3.21. The van der Waals surface area contributed by atoms with Gasteiger partial charge in [0.2, 0.25) is 3.79 Å². The van der Waals surface area contributed by atoms with Crippen LogP contribution in [0, 0.1) is 5.92 Å². The third-order valence-electron chi connectivity index (χ3n) is 5.01. The zero-order chi connectivity index (χ0) is 25.9. The molecular formula is C22H34Cl3N3O6. The Kier molecular flexibility index (Phi) is 13.2. The van der Waals surface area contributed by atoms with Crippen LogP contribution in [0.25, 0.3) is 0 Å². The molecule has 0 radical (unpaired) electrons. The van der Waals surface area contributed by atoms with Gasteiger partial charge in [-0.3, -0.25) is 24.2 Å². The summed E-state index contributed by atoms with van der Waals surface area (Å²) in [5.41, 5.74) is 2.80. The molecule has 9 nitrogen and oxygen atoms in total. The van der Waals surface area contributed by atoms with Crippen molar-refractivity contribution in [1.29, 1.82) is 0 Å². The zero-order valence-corrected chi connectivity index (χ0v) is 22.0. The number of unbranched alkanes of at least 4 members (excludes halogenated alkanes) is 2. The van der Waals surface area contributed by atoms with Crippen LogP contribution in [-0.4, -0.2) is 63.9 Å². The number of esters is 2. The van der Waals surface area contributed by atoms with Crippen LogP contribution >= 0.6 is 34.8 Å². The number of rotatable bonds is 12. The summed E-state index contributed by atoms with van der Waals surface area (Å²) < 4.78 is 8.61. The summed E-state index contributed by atoms with van der Waals surface area (Å²) in [4.78, 5) is 49.9. The third-order valence-corrected chi connectivity index (χ3v) is 5.33. The molecule has 0 spiro atoms. The summed E-state index contributed by atoms with van der Waals surface area (Å²) >= 11 is 16.8. The van der Waals surface area contributed by atoms with Gasteiger partial charge in [0.25, 0.3) is 11.8 Å². The maximum absolute atomic E-state index is 12.9. The molecule has 1 heterocycles. The van der Waals surface area contributed by atoms with Gasteiger partial charge in [0.15, 0.2) is 6.10 Å². The van der Waals surface area contributed by atoms with Gasteiger partial charge in [0, 0.05) is 13.0 Å². The van der Waals surface area contributed by atoms with Gasteiger partial charge in [-0.15, -0.1) is 6.58 Å². The Morgan fingerprint density at radius 1 is 1.21 bits per heavy atom. The first-order valence-electron chi connectivity index (χ1n) is 11.3. The van der Waals surface area contributed by atoms with E-state index in [1.807, 2.05) is 0 Å². The molecule has 0 aliphatic carbocycles. The van der Waals surface area contributed by atoms with E-state index in [0.717, 1.165) is 12.8 Å². The average molecular weight is 543 g/mol. The van der Waals surface area contributed by atoms with Gasteiger partial charge in [0.1, 0.15) is 18.7 Å². The predicted molar refractivity (Wildman–Crippen MR) is 130 cm³/mol. The molecule has 194 valence electrons. The molecule has 12 heteroatoms. The molecule has 0 saturated carbocycles. The van der Waals surface area contributed by atoms with Gasteiger partial charge in [-0.05, 0) is 44.9 Å². The van der Waals surface area contributed by atoms with Gasteiger partial charge in [-0.1, -0.05) is 54.7 Å². The van der Waals surface area contributed by atoms with Crippen molar-refractivity contribution in [3.8, 4) is 0 Å². The number of nitrogens with one attached hydrogen (secondary N) is 2. The van der Waals surface area contributed by atoms with Crippen molar-refractivity contribution in [2.75, 3.05) is 13.2 Å². The molecule has 34 heavy (non-hydrogen) atoms. The quantitative estimate of drug-likeness (QED) is 0.168. The number of amides is 2. The number of alkyl halides is 3. The lowest BCUT2D eigenvalue weighted by Gasteiger charge is -2.34. The molecular weight excluding hydrogens is 509 g/mol. The first-order valence-corrected chi connectivity index (χ1v) is 12.4. The summed E-state index contributed by atoms with van der Waals surface area (Å²) in [6.45, 7) is 8.57. The number of ether oxygens (including phenoxy) is 2. The van der Waals surface area contributed by atoms with E-state index in [1.54, 1.807) is 19.9 Å². The van der Waals surface area contributed by atoms with Crippen molar-refractivity contribution in [3.63, 3.8) is 0 Å². The summed E-state index contributed by atoms with van der Waals surface area (Å²) in [7, 11) is 0. The van der Waals surface area contributed by atoms with E-state index in [4.69, 9.17) is 44.3 Å². The van der Waals surface area contributed by atoms with Gasteiger partial charge in [-0.25, -0.2) is 5.43 Å². The Morgan fingerprint density at radius 2 is 1.88 bits per heavy atom. The van der Waals surface area contributed by atoms with Gasteiger partial charge in [0.05, 0.1) is 0 Å². The topological polar surface area (TPSA) is 114 Å². The minimum atomic E-state index is -1.74. The average Bonchev–Trinajstić information content (AvgIpc) is 2.77. The molecule has 0 aromatic carbocycles. The SMILES string of the molecule is C=CCCCCC(=O)O[C@H](C(=O)N[C@@H](C)C(=O)N1CCC[C@@H](C(=O)OCC(Cl)(Cl)Cl)N1)C(C)C. The lowest BCUT2D eigenvalue weighted by atomic mass is 10.1. The third kappa shape index (κ3) is 11.3. The minimum absolute atomic E-state index is 0.201. The molecule has 0 bridgehead atoms. The van der Waals surface area contributed by atoms with E-state index < -0.39 is 52.3 Å². The maximum atomic E-state index is 12.9. The molecule has 0 aromatic rings. The standard InChI is InChI=1S/C22H34Cl3N3O6/c1-5-6-7-8-11-17(29)34-18(14(2)3)19(30)26-15(4)20(31)28-12-9-10-16(27-28)21(32)33-13-22(23,24)25/h5,14-16,18,27H,1,6-13H2,2-4H3,(H,26,30)/t15-,16-,18-/m0/s1. The Labute approximate surface area is 215 Å². The minimum Gasteiger partial charge on any atom is -0.460 e. The van der Waals surface area contributed by atoms with Gasteiger partial charge in [-0.2, -0.15) is 0 Å². The molecule has 1 aliphatic heterocycles. The van der Waals surface area contributed by atoms with Crippen LogP contribution in [0.5, 0.6) is 0 Å². The van der Waals surface area contributed by atoms with Crippen LogP contribution in [-0.2, 0) is 28.7 Å². The van der Waals surface area contributed by atoms with E-state index in [-0.39, 0.29) is 12.3 Å². The van der Waals surface area contributed by atoms with Crippen LogP contribution in [0.15, 0.2) is 12.7 Å². The number of hydrogen-bond donors (Lipinski definition) is 2. The summed E-state index contributed by atoms with van der Waals surface area (Å²) in [6, 6.07) is -1.72. The highest BCUT2D eigenvalue weighted by molar-refractivity contribution is 6.67. The molecule has 1 fully saturated rings. The summed E-state index contributed by atoms with van der Waals surface area (Å²) in [6.07, 6.45) is 4.17. The number of carbonyl (C=O) groups excluding carboxylic acids is 4. The fourth-order valence-electron chi connectivity index (χ4n) is 3.21. The second-order valence-electron chi connectivity index (χ2n) is 8.46. The van der Waals surface area contributed by atoms with E-state index >= 15 is 0 Å². The lowest BCUT2D eigenvalue weighted by molar-refractivity contribution is -0.159. The van der Waals surface area contributed by atoms with Crippen molar-refractivity contribution in [3.05, 3.63) is 12.7 Å². The zero-order valence-electron chi connectivity index (χ0n) is 19.8. The lowest BCUT2D eigenvalue weighted by Crippen LogP contribution is -2.60. The van der Waals surface area contributed by atoms with Crippen LogP contribution in [0.4, 0.5) is 0 Å². The van der Waals surface area contributed by atoms with E-state index in [2.05, 4.69) is 17.3 Å². The second-order valence-corrected chi connectivity index (χ2v) is 11.0. The summed E-state index contributed by atoms with van der Waals surface area (Å²) in [5, 5.41) is 3.86. The Balaban J connectivity index is 2.63. The largest absolute Gasteiger partial charge is 0.460 e. The van der Waals surface area contributed by atoms with E-state index in [0.29, 0.717) is 25.8 Å². The molecule has 0 aromatic heterocycles. The van der Waals surface area contributed by atoms with Gasteiger partial charge >= 0.3 is 11.9 Å². The number of allylic oxidation sites excluding steroid dienone is 1. The van der Waals surface area contributed by atoms with Crippen LogP contribution in [0.2, 0.25) is 0 Å². The monoisotopic (exact) mass is 541 g/mol. The first-order chi connectivity index (χ1) is 15.9. The second kappa shape index (κ2) is 14.8. The highest BCUT2D eigenvalue weighted by Gasteiger charge is 2.34. The fraction of sp³-hybridized carbons (Fsp3) is 0.727.